The summed E-state index contributed by atoms with van der Waals surface area (Å²) in [5, 5.41) is 6.98. The third-order valence-electron chi connectivity index (χ3n) is 4.21. The molecule has 146 valence electrons. The molecule has 0 spiro atoms. The van der Waals surface area contributed by atoms with Crippen LogP contribution in [0.25, 0.3) is 17.1 Å². The molecule has 2 N–H and O–H groups in total. The summed E-state index contributed by atoms with van der Waals surface area (Å²) in [4.78, 5) is 0.182. The van der Waals surface area contributed by atoms with Crippen molar-refractivity contribution in [3.63, 3.8) is 0 Å². The molecule has 0 fully saturated rings. The third-order valence-corrected chi connectivity index (χ3v) is 5.88. The fourth-order valence-electron chi connectivity index (χ4n) is 2.82. The molecule has 0 bridgehead atoms. The maximum atomic E-state index is 13.2. The Morgan fingerprint density at radius 1 is 0.931 bits per heavy atom. The number of H-pyrrole nitrogens is 1. The molecule has 0 unspecified atom stereocenters. The van der Waals surface area contributed by atoms with Gasteiger partial charge in [-0.15, -0.1) is 0 Å². The van der Waals surface area contributed by atoms with Gasteiger partial charge in [0.25, 0.3) is 10.0 Å². The van der Waals surface area contributed by atoms with Gasteiger partial charge in [-0.2, -0.15) is 5.10 Å². The lowest BCUT2D eigenvalue weighted by Gasteiger charge is -2.10. The maximum Gasteiger partial charge on any atom is 0.261 e. The summed E-state index contributed by atoms with van der Waals surface area (Å²) in [5.74, 6) is 0.180. The van der Waals surface area contributed by atoms with Crippen LogP contribution in [0.15, 0.2) is 83.8 Å². The van der Waals surface area contributed by atoms with Gasteiger partial charge >= 0.3 is 0 Å². The molecule has 4 aromatic rings. The molecule has 0 radical (unpaired) electrons. The molecule has 3 aromatic carbocycles. The van der Waals surface area contributed by atoms with Crippen molar-refractivity contribution in [1.82, 2.24) is 14.8 Å². The van der Waals surface area contributed by atoms with E-state index >= 15 is 0 Å². The molecule has 0 aliphatic heterocycles. The van der Waals surface area contributed by atoms with E-state index in [2.05, 4.69) is 14.9 Å². The molecule has 0 atom stereocenters. The topological polar surface area (TPSA) is 79.8 Å². The molecule has 1 heterocycles. The molecule has 0 aliphatic carbocycles. The molecule has 29 heavy (non-hydrogen) atoms. The SMILES string of the molecule is O=S(=O)(Nc1ccc(-c2n[nH]c(=S)n2-c2ccc(F)cc2)cc1)c1ccccc1. The average molecular weight is 426 g/mol. The van der Waals surface area contributed by atoms with Gasteiger partial charge in [0.15, 0.2) is 10.6 Å². The van der Waals surface area contributed by atoms with Crippen molar-refractivity contribution in [2.24, 2.45) is 0 Å². The Morgan fingerprint density at radius 2 is 1.59 bits per heavy atom. The number of sulfonamides is 1. The number of rotatable bonds is 5. The zero-order valence-electron chi connectivity index (χ0n) is 14.9. The number of anilines is 1. The third kappa shape index (κ3) is 3.96. The molecular weight excluding hydrogens is 411 g/mol. The normalized spacial score (nSPS) is 11.3. The molecule has 0 aliphatic rings. The summed E-state index contributed by atoms with van der Waals surface area (Å²) >= 11 is 5.30. The van der Waals surface area contributed by atoms with E-state index < -0.39 is 10.0 Å². The van der Waals surface area contributed by atoms with E-state index in [1.807, 2.05) is 0 Å². The van der Waals surface area contributed by atoms with E-state index in [4.69, 9.17) is 12.2 Å². The van der Waals surface area contributed by atoms with Crippen LogP contribution in [-0.2, 0) is 10.0 Å². The van der Waals surface area contributed by atoms with Crippen molar-refractivity contribution in [1.29, 1.82) is 0 Å². The first-order chi connectivity index (χ1) is 13.9. The standard InChI is InChI=1S/C20H15FN4O2S2/c21-15-8-12-17(13-9-15)25-19(22-23-20(25)28)14-6-10-16(11-7-14)24-29(26,27)18-4-2-1-3-5-18/h1-13,24H,(H,23,28). The second-order valence-electron chi connectivity index (χ2n) is 6.16. The second-order valence-corrected chi connectivity index (χ2v) is 8.23. The van der Waals surface area contributed by atoms with Crippen LogP contribution < -0.4 is 4.72 Å². The smallest absolute Gasteiger partial charge is 0.261 e. The zero-order valence-corrected chi connectivity index (χ0v) is 16.5. The number of nitrogens with zero attached hydrogens (tertiary/aromatic N) is 2. The quantitative estimate of drug-likeness (QED) is 0.459. The van der Waals surface area contributed by atoms with E-state index in [-0.39, 0.29) is 10.7 Å². The maximum absolute atomic E-state index is 13.2. The lowest BCUT2D eigenvalue weighted by atomic mass is 10.2. The van der Waals surface area contributed by atoms with E-state index in [1.165, 1.54) is 24.3 Å². The molecular formula is C20H15FN4O2S2. The minimum Gasteiger partial charge on any atom is -0.280 e. The highest BCUT2D eigenvalue weighted by molar-refractivity contribution is 7.92. The first kappa shape index (κ1) is 19.0. The largest absolute Gasteiger partial charge is 0.280 e. The Balaban J connectivity index is 1.64. The summed E-state index contributed by atoms with van der Waals surface area (Å²) < 4.78 is 42.7. The number of aromatic amines is 1. The van der Waals surface area contributed by atoms with Crippen LogP contribution in [0, 0.1) is 10.6 Å². The summed E-state index contributed by atoms with van der Waals surface area (Å²) in [6, 6.07) is 20.8. The highest BCUT2D eigenvalue weighted by Crippen LogP contribution is 2.24. The average Bonchev–Trinajstić information content (AvgIpc) is 3.11. The fourth-order valence-corrected chi connectivity index (χ4v) is 4.14. The Kier molecular flexibility index (Phi) is 4.99. The van der Waals surface area contributed by atoms with Crippen molar-refractivity contribution < 1.29 is 12.8 Å². The minimum absolute atomic E-state index is 0.182. The van der Waals surface area contributed by atoms with Gasteiger partial charge in [-0.25, -0.2) is 12.8 Å². The number of hydrogen-bond donors (Lipinski definition) is 2. The van der Waals surface area contributed by atoms with Gasteiger partial charge in [-0.1, -0.05) is 18.2 Å². The lowest BCUT2D eigenvalue weighted by molar-refractivity contribution is 0.601. The van der Waals surface area contributed by atoms with Crippen LogP contribution in [0.1, 0.15) is 0 Å². The molecule has 9 heteroatoms. The first-order valence-electron chi connectivity index (χ1n) is 8.56. The zero-order chi connectivity index (χ0) is 20.4. The highest BCUT2D eigenvalue weighted by Gasteiger charge is 2.15. The van der Waals surface area contributed by atoms with Gasteiger partial charge in [0.2, 0.25) is 0 Å². The summed E-state index contributed by atoms with van der Waals surface area (Å²) in [6.45, 7) is 0. The summed E-state index contributed by atoms with van der Waals surface area (Å²) in [5.41, 5.74) is 1.79. The van der Waals surface area contributed by atoms with Crippen LogP contribution in [0.3, 0.4) is 0 Å². The van der Waals surface area contributed by atoms with Crippen LogP contribution in [-0.4, -0.2) is 23.2 Å². The first-order valence-corrected chi connectivity index (χ1v) is 10.4. The van der Waals surface area contributed by atoms with Gasteiger partial charge in [0, 0.05) is 11.3 Å². The number of nitrogens with one attached hydrogen (secondary N) is 2. The van der Waals surface area contributed by atoms with Crippen molar-refractivity contribution in [3.8, 4) is 17.1 Å². The predicted molar refractivity (Wildman–Crippen MR) is 111 cm³/mol. The Bertz CT molecular complexity index is 1300. The van der Waals surface area contributed by atoms with Gasteiger partial charge in [-0.05, 0) is 72.9 Å². The van der Waals surface area contributed by atoms with Crippen LogP contribution in [0.4, 0.5) is 10.1 Å². The molecule has 6 nitrogen and oxygen atoms in total. The van der Waals surface area contributed by atoms with E-state index in [1.54, 1.807) is 59.2 Å². The number of hydrogen-bond acceptors (Lipinski definition) is 4. The summed E-state index contributed by atoms with van der Waals surface area (Å²) in [6.07, 6.45) is 0. The molecule has 0 saturated carbocycles. The van der Waals surface area contributed by atoms with Crippen LogP contribution in [0.5, 0.6) is 0 Å². The van der Waals surface area contributed by atoms with Crippen molar-refractivity contribution in [2.75, 3.05) is 4.72 Å². The predicted octanol–water partition coefficient (Wildman–Crippen LogP) is 4.54. The van der Waals surface area contributed by atoms with Gasteiger partial charge in [0.05, 0.1) is 10.6 Å². The molecule has 1 aromatic heterocycles. The van der Waals surface area contributed by atoms with E-state index in [9.17, 15) is 12.8 Å². The number of benzene rings is 3. The lowest BCUT2D eigenvalue weighted by Crippen LogP contribution is -2.12. The summed E-state index contributed by atoms with van der Waals surface area (Å²) in [7, 11) is -3.67. The van der Waals surface area contributed by atoms with Crippen molar-refractivity contribution >= 4 is 27.9 Å². The van der Waals surface area contributed by atoms with Crippen LogP contribution >= 0.6 is 12.2 Å². The molecule has 0 saturated heterocycles. The van der Waals surface area contributed by atoms with Crippen molar-refractivity contribution in [3.05, 3.63) is 89.5 Å². The minimum atomic E-state index is -3.67. The number of halogens is 1. The van der Waals surface area contributed by atoms with Gasteiger partial charge < -0.3 is 0 Å². The van der Waals surface area contributed by atoms with Gasteiger partial charge in [0.1, 0.15) is 5.82 Å². The van der Waals surface area contributed by atoms with Crippen molar-refractivity contribution in [2.45, 2.75) is 4.90 Å². The molecule has 0 amide bonds. The monoisotopic (exact) mass is 426 g/mol. The molecule has 4 rings (SSSR count). The Hall–Kier alpha value is -3.30. The van der Waals surface area contributed by atoms with E-state index in [0.29, 0.717) is 27.5 Å². The second kappa shape index (κ2) is 7.61. The Morgan fingerprint density at radius 3 is 2.24 bits per heavy atom. The number of aromatic nitrogens is 3. The van der Waals surface area contributed by atoms with Gasteiger partial charge in [-0.3, -0.25) is 14.4 Å². The van der Waals surface area contributed by atoms with E-state index in [0.717, 1.165) is 0 Å². The highest BCUT2D eigenvalue weighted by atomic mass is 32.2. The van der Waals surface area contributed by atoms with Crippen LogP contribution in [0.2, 0.25) is 0 Å². The fraction of sp³-hybridized carbons (Fsp3) is 0. The Labute approximate surface area is 171 Å².